The number of hydrogen-bond donors (Lipinski definition) is 0. The van der Waals surface area contributed by atoms with E-state index in [0.29, 0.717) is 26.7 Å². The number of fused-ring (bicyclic) bond motifs is 1. The lowest BCUT2D eigenvalue weighted by Crippen LogP contribution is -2.34. The number of anilines is 1. The zero-order valence-electron chi connectivity index (χ0n) is 16.5. The van der Waals surface area contributed by atoms with Gasteiger partial charge in [-0.1, -0.05) is 11.8 Å². The maximum absolute atomic E-state index is 13.1. The second kappa shape index (κ2) is 7.63. The molecule has 0 aliphatic carbocycles. The number of rotatable bonds is 2. The Morgan fingerprint density at radius 3 is 2.63 bits per heavy atom. The molecule has 0 N–H and O–H groups in total. The Balaban J connectivity index is 1.90. The van der Waals surface area contributed by atoms with E-state index in [1.54, 1.807) is 16.5 Å². The van der Waals surface area contributed by atoms with Crippen LogP contribution in [0.15, 0.2) is 52.3 Å². The Bertz CT molecular complexity index is 1310. The number of hydrogen-bond acceptors (Lipinski definition) is 4. The van der Waals surface area contributed by atoms with Crippen LogP contribution in [-0.2, 0) is 19.8 Å². The highest BCUT2D eigenvalue weighted by atomic mass is 32.2. The monoisotopic (exact) mass is 450 g/mol. The Kier molecular flexibility index (Phi) is 5.27. The van der Waals surface area contributed by atoms with Gasteiger partial charge in [-0.25, -0.2) is 4.57 Å². The highest BCUT2D eigenvalue weighted by Crippen LogP contribution is 2.47. The standard InChI is InChI=1S/C21H19F3N3OS2/c1-4-27-17(12-14-7-5-6-10-25(14)2)30-18(19(27)28)20-26(3)15-11-13(21(22,23)24)8-9-16(15)29-20/h5-12H,4H2,1-3H3/q+1/b20-18+. The average molecular weight is 451 g/mol. The van der Waals surface area contributed by atoms with Gasteiger partial charge in [0, 0.05) is 36.7 Å². The summed E-state index contributed by atoms with van der Waals surface area (Å²) < 4.78 is 44.3. The van der Waals surface area contributed by atoms with Gasteiger partial charge in [0.2, 0.25) is 5.69 Å². The van der Waals surface area contributed by atoms with Crippen molar-refractivity contribution in [2.75, 3.05) is 11.9 Å². The number of aromatic nitrogens is 2. The first-order valence-corrected chi connectivity index (χ1v) is 10.9. The molecule has 4 nitrogen and oxygen atoms in total. The molecule has 0 saturated heterocycles. The van der Waals surface area contributed by atoms with Crippen molar-refractivity contribution in [1.29, 1.82) is 0 Å². The topological polar surface area (TPSA) is 29.1 Å². The molecular weight excluding hydrogens is 431 g/mol. The predicted octanol–water partition coefficient (Wildman–Crippen LogP) is 2.91. The van der Waals surface area contributed by atoms with Gasteiger partial charge in [0.05, 0.1) is 11.3 Å². The van der Waals surface area contributed by atoms with Gasteiger partial charge in [-0.2, -0.15) is 13.2 Å². The Morgan fingerprint density at radius 2 is 1.97 bits per heavy atom. The van der Waals surface area contributed by atoms with Crippen LogP contribution < -0.4 is 24.2 Å². The zero-order valence-corrected chi connectivity index (χ0v) is 18.2. The molecule has 0 amide bonds. The van der Waals surface area contributed by atoms with E-state index in [9.17, 15) is 18.0 Å². The molecule has 156 valence electrons. The molecule has 0 atom stereocenters. The number of benzene rings is 1. The number of alkyl halides is 3. The summed E-state index contributed by atoms with van der Waals surface area (Å²) in [6.07, 6.45) is -0.526. The van der Waals surface area contributed by atoms with Gasteiger partial charge < -0.3 is 4.90 Å². The van der Waals surface area contributed by atoms with E-state index in [2.05, 4.69) is 0 Å². The first kappa shape index (κ1) is 20.7. The predicted molar refractivity (Wildman–Crippen MR) is 114 cm³/mol. The molecule has 1 aliphatic heterocycles. The summed E-state index contributed by atoms with van der Waals surface area (Å²) in [4.78, 5) is 15.5. The lowest BCUT2D eigenvalue weighted by molar-refractivity contribution is -0.673. The van der Waals surface area contributed by atoms with Gasteiger partial charge in [-0.05, 0) is 31.2 Å². The van der Waals surface area contributed by atoms with Crippen molar-refractivity contribution in [3.63, 3.8) is 0 Å². The van der Waals surface area contributed by atoms with Crippen LogP contribution in [0.2, 0.25) is 0 Å². The molecule has 4 rings (SSSR count). The smallest absolute Gasteiger partial charge is 0.337 e. The van der Waals surface area contributed by atoms with E-state index in [1.807, 2.05) is 49.0 Å². The van der Waals surface area contributed by atoms with Gasteiger partial charge in [-0.3, -0.25) is 9.36 Å². The van der Waals surface area contributed by atoms with Crippen LogP contribution in [-0.4, -0.2) is 11.6 Å². The van der Waals surface area contributed by atoms with Crippen molar-refractivity contribution in [2.24, 2.45) is 7.05 Å². The summed E-state index contributed by atoms with van der Waals surface area (Å²) in [5.74, 6) is 0. The zero-order chi connectivity index (χ0) is 21.6. The van der Waals surface area contributed by atoms with E-state index < -0.39 is 11.7 Å². The van der Waals surface area contributed by atoms with Gasteiger partial charge in [0.25, 0.3) is 5.56 Å². The summed E-state index contributed by atoms with van der Waals surface area (Å²) in [7, 11) is 3.63. The van der Waals surface area contributed by atoms with Crippen LogP contribution in [0.5, 0.6) is 0 Å². The highest BCUT2D eigenvalue weighted by Gasteiger charge is 2.33. The maximum atomic E-state index is 13.1. The molecule has 2 aromatic heterocycles. The highest BCUT2D eigenvalue weighted by molar-refractivity contribution is 8.08. The van der Waals surface area contributed by atoms with E-state index >= 15 is 0 Å². The molecule has 30 heavy (non-hydrogen) atoms. The van der Waals surface area contributed by atoms with Crippen LogP contribution in [0, 0.1) is 0 Å². The normalized spacial score (nSPS) is 16.3. The largest absolute Gasteiger partial charge is 0.416 e. The molecule has 9 heteroatoms. The number of halogens is 3. The minimum absolute atomic E-state index is 0.134. The Hall–Kier alpha value is -2.52. The molecule has 0 spiro atoms. The van der Waals surface area contributed by atoms with Crippen molar-refractivity contribution >= 4 is 39.9 Å². The minimum atomic E-state index is -4.41. The van der Waals surface area contributed by atoms with Crippen LogP contribution >= 0.6 is 23.1 Å². The number of thiazole rings is 1. The number of aryl methyl sites for hydroxylation is 1. The fourth-order valence-electron chi connectivity index (χ4n) is 3.30. The Morgan fingerprint density at radius 1 is 1.20 bits per heavy atom. The van der Waals surface area contributed by atoms with Gasteiger partial charge in [-0.15, -0.1) is 11.3 Å². The second-order valence-electron chi connectivity index (χ2n) is 6.85. The van der Waals surface area contributed by atoms with Crippen LogP contribution in [0.3, 0.4) is 0 Å². The molecule has 0 fully saturated rings. The molecule has 0 radical (unpaired) electrons. The fourth-order valence-corrected chi connectivity index (χ4v) is 5.75. The number of thioether (sulfide) groups is 1. The summed E-state index contributed by atoms with van der Waals surface area (Å²) >= 11 is 2.68. The van der Waals surface area contributed by atoms with Gasteiger partial charge in [0.1, 0.15) is 21.3 Å². The van der Waals surface area contributed by atoms with Crippen molar-refractivity contribution < 1.29 is 17.7 Å². The average Bonchev–Trinajstić information content (AvgIpc) is 3.19. The molecule has 3 heterocycles. The lowest BCUT2D eigenvalue weighted by Gasteiger charge is -2.14. The van der Waals surface area contributed by atoms with Crippen molar-refractivity contribution in [3.05, 3.63) is 73.4 Å². The minimum Gasteiger partial charge on any atom is -0.337 e. The van der Waals surface area contributed by atoms with E-state index in [1.165, 1.54) is 29.2 Å². The van der Waals surface area contributed by atoms with Gasteiger partial charge >= 0.3 is 6.18 Å². The molecule has 1 aliphatic rings. The van der Waals surface area contributed by atoms with Crippen LogP contribution in [0.4, 0.5) is 18.9 Å². The first-order valence-electron chi connectivity index (χ1n) is 9.24. The summed E-state index contributed by atoms with van der Waals surface area (Å²) in [5.41, 5.74) is 0.576. The fraction of sp³-hybridized carbons (Fsp3) is 0.238. The first-order chi connectivity index (χ1) is 14.2. The summed E-state index contributed by atoms with van der Waals surface area (Å²) in [6, 6.07) is 9.50. The number of pyridine rings is 1. The van der Waals surface area contributed by atoms with E-state index in [4.69, 9.17) is 0 Å². The second-order valence-corrected chi connectivity index (χ2v) is 8.91. The van der Waals surface area contributed by atoms with Crippen LogP contribution in [0.25, 0.3) is 11.1 Å². The van der Waals surface area contributed by atoms with Crippen molar-refractivity contribution in [2.45, 2.75) is 24.5 Å². The summed E-state index contributed by atoms with van der Waals surface area (Å²) in [5, 5.41) is 0.651. The number of nitrogens with zero attached hydrogens (tertiary/aromatic N) is 3. The molecule has 0 bridgehead atoms. The molecule has 1 aromatic carbocycles. The SMILES string of the molecule is CCn1c(=O)/c(=C2\Sc3ccc(C(F)(F)F)cc3N2C)s/c1=C\c1cccc[n+]1C. The van der Waals surface area contributed by atoms with Crippen LogP contribution in [0.1, 0.15) is 18.2 Å². The quantitative estimate of drug-likeness (QED) is 0.563. The third kappa shape index (κ3) is 3.56. The van der Waals surface area contributed by atoms with E-state index in [0.717, 1.165) is 22.5 Å². The third-order valence-corrected chi connectivity index (χ3v) is 7.43. The Labute approximate surface area is 179 Å². The molecular formula is C21H19F3N3OS2+. The lowest BCUT2D eigenvalue weighted by atomic mass is 10.2. The maximum Gasteiger partial charge on any atom is 0.416 e. The van der Waals surface area contributed by atoms with Crippen molar-refractivity contribution in [1.82, 2.24) is 4.57 Å². The molecule has 0 unspecified atom stereocenters. The molecule has 0 saturated carbocycles. The third-order valence-electron chi connectivity index (χ3n) is 4.95. The van der Waals surface area contributed by atoms with Crippen molar-refractivity contribution in [3.8, 4) is 0 Å². The summed E-state index contributed by atoms with van der Waals surface area (Å²) in [6.45, 7) is 2.41. The van der Waals surface area contributed by atoms with E-state index in [-0.39, 0.29) is 5.56 Å². The van der Waals surface area contributed by atoms with Gasteiger partial charge in [0.15, 0.2) is 6.20 Å². The molecule has 3 aromatic rings.